The van der Waals surface area contributed by atoms with Gasteiger partial charge in [-0.1, -0.05) is 30.3 Å². The predicted molar refractivity (Wildman–Crippen MR) is 69.6 cm³/mol. The molecule has 0 saturated carbocycles. The van der Waals surface area contributed by atoms with Crippen molar-refractivity contribution in [2.45, 2.75) is 12.8 Å². The Hall–Kier alpha value is -2.66. The zero-order valence-corrected chi connectivity index (χ0v) is 10.7. The zero-order chi connectivity index (χ0) is 14.5. The van der Waals surface area contributed by atoms with Gasteiger partial charge in [0.2, 0.25) is 11.8 Å². The third-order valence-electron chi connectivity index (χ3n) is 3.55. The number of carbonyl (C=O) groups excluding carboxylic acids is 2. The molecule has 5 heteroatoms. The van der Waals surface area contributed by atoms with Crippen LogP contribution in [0.1, 0.15) is 12.0 Å². The lowest BCUT2D eigenvalue weighted by Gasteiger charge is -2.29. The number of rotatable bonds is 3. The Morgan fingerprint density at radius 3 is 2.05 bits per heavy atom. The highest BCUT2D eigenvalue weighted by Crippen LogP contribution is 2.30. The Labute approximate surface area is 116 Å². The molecule has 0 aromatic heterocycles. The first-order valence-electron chi connectivity index (χ1n) is 6.35. The summed E-state index contributed by atoms with van der Waals surface area (Å²) in [4.78, 5) is 23.3. The van der Waals surface area contributed by atoms with E-state index in [-0.39, 0.29) is 0 Å². The molecule has 1 aliphatic rings. The number of benzene rings is 1. The fourth-order valence-corrected chi connectivity index (χ4v) is 2.48. The molecule has 20 heavy (non-hydrogen) atoms. The van der Waals surface area contributed by atoms with Crippen LogP contribution in [-0.2, 0) is 16.0 Å². The molecule has 0 radical (unpaired) electrons. The standard InChI is InChI=1S/C15H13N3O2/c16-8-12-11(7-6-10-4-2-1-3-5-10)13(9-17)15(20)18-14(12)19/h1-5,11-13H,6-7H2,(H,18,19,20)/t11?,12-,13+. The monoisotopic (exact) mass is 267 g/mol. The summed E-state index contributed by atoms with van der Waals surface area (Å²) in [6, 6.07) is 13.4. The minimum Gasteiger partial charge on any atom is -0.294 e. The Morgan fingerprint density at radius 1 is 1.00 bits per heavy atom. The minimum absolute atomic E-state index is 0.458. The van der Waals surface area contributed by atoms with Crippen LogP contribution in [-0.4, -0.2) is 11.8 Å². The van der Waals surface area contributed by atoms with E-state index >= 15 is 0 Å². The van der Waals surface area contributed by atoms with Crippen molar-refractivity contribution in [2.24, 2.45) is 17.8 Å². The number of aryl methyl sites for hydroxylation is 1. The topological polar surface area (TPSA) is 93.8 Å². The van der Waals surface area contributed by atoms with Crippen molar-refractivity contribution in [1.29, 1.82) is 10.5 Å². The molecule has 1 aromatic carbocycles. The molecule has 0 spiro atoms. The van der Waals surface area contributed by atoms with Gasteiger partial charge in [0, 0.05) is 5.92 Å². The summed E-state index contributed by atoms with van der Waals surface area (Å²) in [6.45, 7) is 0. The molecule has 0 bridgehead atoms. The third-order valence-corrected chi connectivity index (χ3v) is 3.55. The third kappa shape index (κ3) is 2.67. The number of carbonyl (C=O) groups is 2. The Morgan fingerprint density at radius 2 is 1.55 bits per heavy atom. The van der Waals surface area contributed by atoms with E-state index in [2.05, 4.69) is 5.32 Å². The van der Waals surface area contributed by atoms with Gasteiger partial charge >= 0.3 is 0 Å². The summed E-state index contributed by atoms with van der Waals surface area (Å²) in [7, 11) is 0. The first-order valence-corrected chi connectivity index (χ1v) is 6.35. The Balaban J connectivity index is 2.16. The molecule has 1 fully saturated rings. The molecule has 5 nitrogen and oxygen atoms in total. The van der Waals surface area contributed by atoms with Gasteiger partial charge in [0.25, 0.3) is 0 Å². The van der Waals surface area contributed by atoms with Crippen LogP contribution < -0.4 is 5.32 Å². The first-order chi connectivity index (χ1) is 9.67. The van der Waals surface area contributed by atoms with Crippen LogP contribution in [0.3, 0.4) is 0 Å². The van der Waals surface area contributed by atoms with Crippen molar-refractivity contribution < 1.29 is 9.59 Å². The molecule has 2 amide bonds. The van der Waals surface area contributed by atoms with Gasteiger partial charge in [-0.2, -0.15) is 10.5 Å². The SMILES string of the molecule is N#C[C@@H]1C(=O)NC(=O)[C@H](C#N)C1CCc1ccccc1. The van der Waals surface area contributed by atoms with Crippen LogP contribution in [0.2, 0.25) is 0 Å². The summed E-state index contributed by atoms with van der Waals surface area (Å²) in [5.74, 6) is -3.63. The number of hydrogen-bond donors (Lipinski definition) is 1. The van der Waals surface area contributed by atoms with Crippen LogP contribution >= 0.6 is 0 Å². The highest BCUT2D eigenvalue weighted by atomic mass is 16.2. The van der Waals surface area contributed by atoms with Crippen molar-refractivity contribution in [3.63, 3.8) is 0 Å². The number of hydrogen-bond acceptors (Lipinski definition) is 4. The molecule has 3 atom stereocenters. The maximum atomic E-state index is 11.7. The number of imide groups is 1. The summed E-state index contributed by atoms with van der Waals surface area (Å²) >= 11 is 0. The van der Waals surface area contributed by atoms with Crippen molar-refractivity contribution in [3.8, 4) is 12.1 Å². The summed E-state index contributed by atoms with van der Waals surface area (Å²) < 4.78 is 0. The second-order valence-electron chi connectivity index (χ2n) is 4.76. The van der Waals surface area contributed by atoms with Gasteiger partial charge in [-0.15, -0.1) is 0 Å². The lowest BCUT2D eigenvalue weighted by Crippen LogP contribution is -2.51. The normalized spacial score (nSPS) is 25.4. The average molecular weight is 267 g/mol. The van der Waals surface area contributed by atoms with Crippen molar-refractivity contribution in [3.05, 3.63) is 35.9 Å². The number of piperidine rings is 1. The van der Waals surface area contributed by atoms with Crippen LogP contribution in [0.5, 0.6) is 0 Å². The van der Waals surface area contributed by atoms with E-state index in [1.54, 1.807) is 0 Å². The van der Waals surface area contributed by atoms with E-state index in [0.29, 0.717) is 12.8 Å². The molecule has 100 valence electrons. The number of nitrogens with one attached hydrogen (secondary N) is 1. The smallest absolute Gasteiger partial charge is 0.244 e. The molecule has 1 heterocycles. The maximum absolute atomic E-state index is 11.7. The highest BCUT2D eigenvalue weighted by Gasteiger charge is 2.43. The quantitative estimate of drug-likeness (QED) is 0.832. The molecule has 1 unspecified atom stereocenters. The predicted octanol–water partition coefficient (Wildman–Crippen LogP) is 1.17. The van der Waals surface area contributed by atoms with E-state index in [0.717, 1.165) is 5.56 Å². The van der Waals surface area contributed by atoms with E-state index in [1.807, 2.05) is 42.5 Å². The number of nitrogens with zero attached hydrogens (tertiary/aromatic N) is 2. The molecule has 0 aliphatic carbocycles. The maximum Gasteiger partial charge on any atom is 0.244 e. The first kappa shape index (κ1) is 13.8. The van der Waals surface area contributed by atoms with Gasteiger partial charge in [-0.05, 0) is 18.4 Å². The van der Waals surface area contributed by atoms with E-state index in [4.69, 9.17) is 10.5 Å². The van der Waals surface area contributed by atoms with E-state index < -0.39 is 29.6 Å². The fraction of sp³-hybridized carbons (Fsp3) is 0.333. The van der Waals surface area contributed by atoms with Gasteiger partial charge in [0.15, 0.2) is 0 Å². The molecule has 1 saturated heterocycles. The molecule has 2 rings (SSSR count). The number of nitriles is 2. The van der Waals surface area contributed by atoms with Gasteiger partial charge in [-0.25, -0.2) is 0 Å². The average Bonchev–Trinajstić information content (AvgIpc) is 2.46. The van der Waals surface area contributed by atoms with Crippen LogP contribution in [0.4, 0.5) is 0 Å². The molecule has 1 aliphatic heterocycles. The molecular formula is C15H13N3O2. The van der Waals surface area contributed by atoms with Crippen molar-refractivity contribution >= 4 is 11.8 Å². The Kier molecular flexibility index (Phi) is 4.12. The van der Waals surface area contributed by atoms with Gasteiger partial charge in [0.05, 0.1) is 12.1 Å². The minimum atomic E-state index is -0.943. The second-order valence-corrected chi connectivity index (χ2v) is 4.76. The van der Waals surface area contributed by atoms with Gasteiger partial charge < -0.3 is 0 Å². The lowest BCUT2D eigenvalue weighted by molar-refractivity contribution is -0.139. The largest absolute Gasteiger partial charge is 0.294 e. The van der Waals surface area contributed by atoms with E-state index in [1.165, 1.54) is 0 Å². The summed E-state index contributed by atoms with van der Waals surface area (Å²) in [5.41, 5.74) is 1.05. The molecule has 1 aromatic rings. The van der Waals surface area contributed by atoms with Gasteiger partial charge in [0.1, 0.15) is 11.8 Å². The molecule has 1 N–H and O–H groups in total. The highest BCUT2D eigenvalue weighted by molar-refractivity contribution is 6.02. The lowest BCUT2D eigenvalue weighted by atomic mass is 9.75. The second kappa shape index (κ2) is 5.99. The fourth-order valence-electron chi connectivity index (χ4n) is 2.48. The Bertz CT molecular complexity index is 566. The zero-order valence-electron chi connectivity index (χ0n) is 10.7. The van der Waals surface area contributed by atoms with Crippen LogP contribution in [0.15, 0.2) is 30.3 Å². The number of amides is 2. The van der Waals surface area contributed by atoms with Crippen molar-refractivity contribution in [1.82, 2.24) is 5.32 Å². The van der Waals surface area contributed by atoms with Crippen molar-refractivity contribution in [2.75, 3.05) is 0 Å². The van der Waals surface area contributed by atoms with E-state index in [9.17, 15) is 9.59 Å². The molecular weight excluding hydrogens is 254 g/mol. The summed E-state index contributed by atoms with van der Waals surface area (Å²) in [6.07, 6.45) is 1.09. The van der Waals surface area contributed by atoms with Crippen LogP contribution in [0.25, 0.3) is 0 Å². The summed E-state index contributed by atoms with van der Waals surface area (Å²) in [5, 5.41) is 20.3. The van der Waals surface area contributed by atoms with Gasteiger partial charge in [-0.3, -0.25) is 14.9 Å². The van der Waals surface area contributed by atoms with Crippen LogP contribution in [0, 0.1) is 40.4 Å².